The van der Waals surface area contributed by atoms with E-state index in [2.05, 4.69) is 31.2 Å². The van der Waals surface area contributed by atoms with Crippen LogP contribution in [0.1, 0.15) is 6.92 Å². The van der Waals surface area contributed by atoms with Crippen molar-refractivity contribution in [3.63, 3.8) is 0 Å². The quantitative estimate of drug-likeness (QED) is 0.767. The maximum Gasteiger partial charge on any atom is 0.222 e. The van der Waals surface area contributed by atoms with Gasteiger partial charge in [-0.05, 0) is 15.9 Å². The molecule has 1 rings (SSSR count). The van der Waals surface area contributed by atoms with E-state index in [-0.39, 0.29) is 5.91 Å². The Balaban J connectivity index is 2.86. The van der Waals surface area contributed by atoms with Crippen LogP contribution in [0.5, 0.6) is 0 Å². The summed E-state index contributed by atoms with van der Waals surface area (Å²) in [5.74, 6) is 0.284. The second-order valence-electron chi connectivity index (χ2n) is 1.88. The standard InChI is InChI=1S/C6H6BrN3O/c1-4(11)10-6-5(7)8-2-3-9-6/h2-3H,1H3,(H,9,10,11). The maximum absolute atomic E-state index is 10.6. The number of nitrogens with one attached hydrogen (secondary N) is 1. The topological polar surface area (TPSA) is 54.9 Å². The fourth-order valence-electron chi connectivity index (χ4n) is 0.572. The van der Waals surface area contributed by atoms with Crippen molar-refractivity contribution in [1.82, 2.24) is 9.97 Å². The van der Waals surface area contributed by atoms with Gasteiger partial charge in [0.1, 0.15) is 4.60 Å². The Morgan fingerprint density at radius 3 is 2.73 bits per heavy atom. The van der Waals surface area contributed by atoms with Gasteiger partial charge in [0.15, 0.2) is 5.82 Å². The van der Waals surface area contributed by atoms with Crippen LogP contribution in [0.15, 0.2) is 17.0 Å². The Hall–Kier alpha value is -0.970. The molecule has 1 aromatic rings. The van der Waals surface area contributed by atoms with Crippen LogP contribution in [-0.4, -0.2) is 15.9 Å². The largest absolute Gasteiger partial charge is 0.309 e. The molecule has 0 aliphatic heterocycles. The first kappa shape index (κ1) is 8.13. The van der Waals surface area contributed by atoms with Gasteiger partial charge in [-0.15, -0.1) is 0 Å². The summed E-state index contributed by atoms with van der Waals surface area (Å²) in [5, 5.41) is 2.51. The maximum atomic E-state index is 10.6. The molecule has 0 spiro atoms. The molecule has 5 heteroatoms. The number of aromatic nitrogens is 2. The molecule has 0 saturated heterocycles. The highest BCUT2D eigenvalue weighted by Crippen LogP contribution is 2.14. The second kappa shape index (κ2) is 3.43. The zero-order valence-electron chi connectivity index (χ0n) is 5.84. The molecule has 4 nitrogen and oxygen atoms in total. The number of carbonyl (C=O) groups excluding carboxylic acids is 1. The minimum atomic E-state index is -0.161. The molecule has 1 aromatic heterocycles. The molecule has 11 heavy (non-hydrogen) atoms. The van der Waals surface area contributed by atoms with Crippen molar-refractivity contribution in [1.29, 1.82) is 0 Å². The smallest absolute Gasteiger partial charge is 0.222 e. The Kier molecular flexibility index (Phi) is 2.53. The van der Waals surface area contributed by atoms with Gasteiger partial charge >= 0.3 is 0 Å². The van der Waals surface area contributed by atoms with Crippen LogP contribution in [0, 0.1) is 0 Å². The van der Waals surface area contributed by atoms with Gasteiger partial charge in [0.05, 0.1) is 0 Å². The SMILES string of the molecule is CC(=O)Nc1nccnc1Br. The van der Waals surface area contributed by atoms with E-state index in [4.69, 9.17) is 0 Å². The zero-order chi connectivity index (χ0) is 8.27. The van der Waals surface area contributed by atoms with Crippen LogP contribution in [-0.2, 0) is 4.79 Å². The van der Waals surface area contributed by atoms with Gasteiger partial charge < -0.3 is 5.32 Å². The van der Waals surface area contributed by atoms with Crippen molar-refractivity contribution in [2.75, 3.05) is 5.32 Å². The third-order valence-electron chi connectivity index (χ3n) is 0.948. The van der Waals surface area contributed by atoms with Gasteiger partial charge in [0.2, 0.25) is 5.91 Å². The fraction of sp³-hybridized carbons (Fsp3) is 0.167. The van der Waals surface area contributed by atoms with Crippen molar-refractivity contribution in [2.24, 2.45) is 0 Å². The fourth-order valence-corrected chi connectivity index (χ4v) is 0.891. The van der Waals surface area contributed by atoms with E-state index in [9.17, 15) is 4.79 Å². The number of nitrogens with zero attached hydrogens (tertiary/aromatic N) is 2. The number of carbonyl (C=O) groups is 1. The number of halogens is 1. The monoisotopic (exact) mass is 215 g/mol. The lowest BCUT2D eigenvalue weighted by molar-refractivity contribution is -0.114. The molecule has 0 atom stereocenters. The van der Waals surface area contributed by atoms with E-state index in [0.717, 1.165) is 0 Å². The van der Waals surface area contributed by atoms with E-state index < -0.39 is 0 Å². The number of rotatable bonds is 1. The van der Waals surface area contributed by atoms with Crippen molar-refractivity contribution in [2.45, 2.75) is 6.92 Å². The van der Waals surface area contributed by atoms with E-state index in [0.29, 0.717) is 10.4 Å². The van der Waals surface area contributed by atoms with Crippen LogP contribution in [0.3, 0.4) is 0 Å². The number of amides is 1. The van der Waals surface area contributed by atoms with Crippen molar-refractivity contribution < 1.29 is 4.79 Å². The van der Waals surface area contributed by atoms with E-state index in [1.807, 2.05) is 0 Å². The first-order chi connectivity index (χ1) is 5.20. The predicted molar refractivity (Wildman–Crippen MR) is 44.0 cm³/mol. The Bertz CT molecular complexity index is 276. The summed E-state index contributed by atoms with van der Waals surface area (Å²) in [7, 11) is 0. The highest BCUT2D eigenvalue weighted by molar-refractivity contribution is 9.10. The molecule has 0 aliphatic carbocycles. The average molecular weight is 216 g/mol. The summed E-state index contributed by atoms with van der Waals surface area (Å²) >= 11 is 3.14. The third-order valence-corrected chi connectivity index (χ3v) is 1.53. The first-order valence-corrected chi connectivity index (χ1v) is 3.73. The molecule has 0 aliphatic rings. The summed E-state index contributed by atoms with van der Waals surface area (Å²) in [6.07, 6.45) is 3.05. The molecule has 0 saturated carbocycles. The lowest BCUT2D eigenvalue weighted by Crippen LogP contribution is -2.08. The summed E-state index contributed by atoms with van der Waals surface area (Å²) in [4.78, 5) is 18.3. The average Bonchev–Trinajstić information content (AvgIpc) is 1.93. The highest BCUT2D eigenvalue weighted by Gasteiger charge is 2.01. The molecule has 0 aromatic carbocycles. The van der Waals surface area contributed by atoms with Gasteiger partial charge in [-0.2, -0.15) is 0 Å². The van der Waals surface area contributed by atoms with Crippen LogP contribution in [0.25, 0.3) is 0 Å². The summed E-state index contributed by atoms with van der Waals surface area (Å²) in [6.45, 7) is 1.42. The van der Waals surface area contributed by atoms with Crippen LogP contribution in [0.4, 0.5) is 5.82 Å². The summed E-state index contributed by atoms with van der Waals surface area (Å²) < 4.78 is 0.537. The molecule has 1 amide bonds. The number of hydrogen-bond donors (Lipinski definition) is 1. The van der Waals surface area contributed by atoms with Crippen molar-refractivity contribution in [3.8, 4) is 0 Å². The minimum absolute atomic E-state index is 0.161. The van der Waals surface area contributed by atoms with E-state index in [1.54, 1.807) is 0 Å². The lowest BCUT2D eigenvalue weighted by Gasteiger charge is -2.00. The van der Waals surface area contributed by atoms with Gasteiger partial charge in [-0.3, -0.25) is 4.79 Å². The molecule has 1 N–H and O–H groups in total. The first-order valence-electron chi connectivity index (χ1n) is 2.94. The molecule has 1 heterocycles. The molecule has 0 bridgehead atoms. The van der Waals surface area contributed by atoms with Crippen LogP contribution < -0.4 is 5.32 Å². The molecular formula is C6H6BrN3O. The molecule has 0 radical (unpaired) electrons. The summed E-state index contributed by atoms with van der Waals surface area (Å²) in [5.41, 5.74) is 0. The molecular weight excluding hydrogens is 210 g/mol. The van der Waals surface area contributed by atoms with E-state index >= 15 is 0 Å². The highest BCUT2D eigenvalue weighted by atomic mass is 79.9. The molecule has 58 valence electrons. The Morgan fingerprint density at radius 1 is 1.55 bits per heavy atom. The molecule has 0 unspecified atom stereocenters. The Labute approximate surface area is 72.2 Å². The Morgan fingerprint density at radius 2 is 2.18 bits per heavy atom. The van der Waals surface area contributed by atoms with Crippen molar-refractivity contribution >= 4 is 27.7 Å². The zero-order valence-corrected chi connectivity index (χ0v) is 7.42. The van der Waals surface area contributed by atoms with E-state index in [1.165, 1.54) is 19.3 Å². The molecule has 0 fully saturated rings. The number of hydrogen-bond acceptors (Lipinski definition) is 3. The van der Waals surface area contributed by atoms with Crippen LogP contribution >= 0.6 is 15.9 Å². The van der Waals surface area contributed by atoms with Crippen molar-refractivity contribution in [3.05, 3.63) is 17.0 Å². The predicted octanol–water partition coefficient (Wildman–Crippen LogP) is 1.20. The van der Waals surface area contributed by atoms with Gasteiger partial charge in [0, 0.05) is 19.3 Å². The minimum Gasteiger partial charge on any atom is -0.309 e. The van der Waals surface area contributed by atoms with Gasteiger partial charge in [-0.25, -0.2) is 9.97 Å². The second-order valence-corrected chi connectivity index (χ2v) is 2.63. The third kappa shape index (κ3) is 2.27. The van der Waals surface area contributed by atoms with Gasteiger partial charge in [-0.1, -0.05) is 0 Å². The summed E-state index contributed by atoms with van der Waals surface area (Å²) in [6, 6.07) is 0. The van der Waals surface area contributed by atoms with Gasteiger partial charge in [0.25, 0.3) is 0 Å². The normalized spacial score (nSPS) is 9.27. The lowest BCUT2D eigenvalue weighted by atomic mass is 10.6. The number of anilines is 1. The van der Waals surface area contributed by atoms with Crippen LogP contribution in [0.2, 0.25) is 0 Å².